The van der Waals surface area contributed by atoms with Crippen molar-refractivity contribution >= 4 is 25.7 Å². The van der Waals surface area contributed by atoms with Gasteiger partial charge in [0.15, 0.2) is 0 Å². The molecule has 0 heterocycles. The molecule has 2 rings (SSSR count). The maximum Gasteiger partial charge on any atom is 0.244 e. The molecule has 2 aromatic carbocycles. The summed E-state index contributed by atoms with van der Waals surface area (Å²) in [4.78, 5) is -0.0196. The first-order valence-corrected chi connectivity index (χ1v) is 10.9. The third-order valence-electron chi connectivity index (χ3n) is 3.80. The molecule has 0 amide bonds. The average molecular weight is 399 g/mol. The lowest BCUT2D eigenvalue weighted by atomic mass is 10.2. The summed E-state index contributed by atoms with van der Waals surface area (Å²) < 4.78 is 58.3. The first kappa shape index (κ1) is 20.2. The zero-order chi connectivity index (χ0) is 19.4. The Morgan fingerprint density at radius 2 is 1.69 bits per heavy atom. The van der Waals surface area contributed by atoms with Crippen LogP contribution in [0.1, 0.15) is 5.56 Å². The molecule has 0 fully saturated rings. The van der Waals surface area contributed by atoms with Gasteiger partial charge in [0.2, 0.25) is 20.0 Å². The molecule has 0 aliphatic heterocycles. The summed E-state index contributed by atoms with van der Waals surface area (Å²) in [6.45, 7) is 1.51. The van der Waals surface area contributed by atoms with E-state index < -0.39 is 20.0 Å². The van der Waals surface area contributed by atoms with Crippen molar-refractivity contribution in [2.24, 2.45) is 0 Å². The van der Waals surface area contributed by atoms with Gasteiger partial charge in [-0.3, -0.25) is 4.31 Å². The molecule has 0 aromatic heterocycles. The SMILES string of the molecule is COc1ccc(C)cc1S(=O)(=O)NCCS(=O)(=O)N(C)c1ccccc1. The standard InChI is InChI=1S/C17H22N2O5S2/c1-14-9-10-16(24-3)17(13-14)26(22,23)18-11-12-25(20,21)19(2)15-7-5-4-6-8-15/h4-10,13,18H,11-12H2,1-3H3. The lowest BCUT2D eigenvalue weighted by molar-refractivity contribution is 0.402. The lowest BCUT2D eigenvalue weighted by Gasteiger charge is -2.19. The van der Waals surface area contributed by atoms with E-state index in [0.29, 0.717) is 5.69 Å². The number of rotatable bonds is 8. The first-order chi connectivity index (χ1) is 12.2. The average Bonchev–Trinajstić information content (AvgIpc) is 2.61. The van der Waals surface area contributed by atoms with Crippen LogP contribution in [0.25, 0.3) is 0 Å². The van der Waals surface area contributed by atoms with Crippen molar-refractivity contribution in [2.45, 2.75) is 11.8 Å². The molecule has 0 spiro atoms. The van der Waals surface area contributed by atoms with Crippen LogP contribution in [0.15, 0.2) is 53.4 Å². The van der Waals surface area contributed by atoms with Crippen molar-refractivity contribution in [2.75, 3.05) is 30.8 Å². The molecule has 26 heavy (non-hydrogen) atoms. The molecule has 0 unspecified atom stereocenters. The molecule has 0 radical (unpaired) electrons. The number of nitrogens with zero attached hydrogens (tertiary/aromatic N) is 1. The summed E-state index contributed by atoms with van der Waals surface area (Å²) in [5.41, 5.74) is 1.26. The molecule has 142 valence electrons. The molecular weight excluding hydrogens is 376 g/mol. The number of benzene rings is 2. The third-order valence-corrected chi connectivity index (χ3v) is 7.05. The van der Waals surface area contributed by atoms with Crippen molar-refractivity contribution in [3.63, 3.8) is 0 Å². The van der Waals surface area contributed by atoms with E-state index in [1.165, 1.54) is 20.2 Å². The molecule has 0 aliphatic rings. The van der Waals surface area contributed by atoms with Crippen LogP contribution in [-0.2, 0) is 20.0 Å². The summed E-state index contributed by atoms with van der Waals surface area (Å²) in [6.07, 6.45) is 0. The van der Waals surface area contributed by atoms with Crippen molar-refractivity contribution in [1.29, 1.82) is 0 Å². The van der Waals surface area contributed by atoms with Crippen LogP contribution in [0.5, 0.6) is 5.75 Å². The van der Waals surface area contributed by atoms with Gasteiger partial charge in [0.25, 0.3) is 0 Å². The Labute approximate surface area is 154 Å². The smallest absolute Gasteiger partial charge is 0.244 e. The maximum atomic E-state index is 12.5. The Morgan fingerprint density at radius 3 is 2.31 bits per heavy atom. The highest BCUT2D eigenvalue weighted by molar-refractivity contribution is 7.93. The number of anilines is 1. The number of hydrogen-bond acceptors (Lipinski definition) is 5. The lowest BCUT2D eigenvalue weighted by Crippen LogP contribution is -2.35. The largest absolute Gasteiger partial charge is 0.495 e. The number of sulfonamides is 2. The predicted molar refractivity (Wildman–Crippen MR) is 102 cm³/mol. The van der Waals surface area contributed by atoms with E-state index in [9.17, 15) is 16.8 Å². The molecular formula is C17H22N2O5S2. The fourth-order valence-corrected chi connectivity index (χ4v) is 4.80. The Bertz CT molecular complexity index is 958. The van der Waals surface area contributed by atoms with Crippen LogP contribution >= 0.6 is 0 Å². The van der Waals surface area contributed by atoms with Crippen LogP contribution in [-0.4, -0.2) is 43.3 Å². The third kappa shape index (κ3) is 4.75. The Balaban J connectivity index is 2.10. The molecule has 2 aromatic rings. The monoisotopic (exact) mass is 398 g/mol. The highest BCUT2D eigenvalue weighted by Gasteiger charge is 2.22. The summed E-state index contributed by atoms with van der Waals surface area (Å²) >= 11 is 0. The maximum absolute atomic E-state index is 12.5. The zero-order valence-corrected chi connectivity index (χ0v) is 16.5. The van der Waals surface area contributed by atoms with Crippen molar-refractivity contribution < 1.29 is 21.6 Å². The van der Waals surface area contributed by atoms with E-state index >= 15 is 0 Å². The second kappa shape index (κ2) is 8.07. The van der Waals surface area contributed by atoms with Crippen LogP contribution in [0.2, 0.25) is 0 Å². The van der Waals surface area contributed by atoms with Gasteiger partial charge in [0.1, 0.15) is 10.6 Å². The van der Waals surface area contributed by atoms with Gasteiger partial charge in [0.05, 0.1) is 18.6 Å². The van der Waals surface area contributed by atoms with Crippen molar-refractivity contribution in [3.05, 3.63) is 54.1 Å². The number of nitrogens with one attached hydrogen (secondary N) is 1. The predicted octanol–water partition coefficient (Wildman–Crippen LogP) is 1.75. The molecule has 9 heteroatoms. The van der Waals surface area contributed by atoms with Gasteiger partial charge in [0, 0.05) is 13.6 Å². The van der Waals surface area contributed by atoms with Crippen LogP contribution < -0.4 is 13.8 Å². The Kier molecular flexibility index (Phi) is 6.27. The van der Waals surface area contributed by atoms with Gasteiger partial charge >= 0.3 is 0 Å². The second-order valence-corrected chi connectivity index (χ2v) is 9.53. The molecule has 0 aliphatic carbocycles. The van der Waals surface area contributed by atoms with Crippen molar-refractivity contribution in [3.8, 4) is 5.75 Å². The van der Waals surface area contributed by atoms with Gasteiger partial charge < -0.3 is 4.74 Å². The quantitative estimate of drug-likeness (QED) is 0.731. The van der Waals surface area contributed by atoms with Crippen molar-refractivity contribution in [1.82, 2.24) is 4.72 Å². The second-order valence-electron chi connectivity index (χ2n) is 5.67. The highest BCUT2D eigenvalue weighted by atomic mass is 32.2. The summed E-state index contributed by atoms with van der Waals surface area (Å²) in [5, 5.41) is 0. The van der Waals surface area contributed by atoms with Gasteiger partial charge in [-0.1, -0.05) is 24.3 Å². The van der Waals surface area contributed by atoms with Crippen LogP contribution in [0.4, 0.5) is 5.69 Å². The van der Waals surface area contributed by atoms with E-state index in [4.69, 9.17) is 4.74 Å². The minimum Gasteiger partial charge on any atom is -0.495 e. The van der Waals surface area contributed by atoms with Crippen LogP contribution in [0.3, 0.4) is 0 Å². The Morgan fingerprint density at radius 1 is 1.04 bits per heavy atom. The van der Waals surface area contributed by atoms with Crippen LogP contribution in [0, 0.1) is 6.92 Å². The normalized spacial score (nSPS) is 12.0. The topological polar surface area (TPSA) is 92.8 Å². The number of aryl methyl sites for hydroxylation is 1. The molecule has 0 bridgehead atoms. The van der Waals surface area contributed by atoms with E-state index in [1.54, 1.807) is 49.4 Å². The molecule has 7 nitrogen and oxygen atoms in total. The highest BCUT2D eigenvalue weighted by Crippen LogP contribution is 2.24. The number of methoxy groups -OCH3 is 1. The fraction of sp³-hybridized carbons (Fsp3) is 0.294. The minimum atomic E-state index is -3.90. The molecule has 1 N–H and O–H groups in total. The van der Waals surface area contributed by atoms with Gasteiger partial charge in [-0.15, -0.1) is 0 Å². The first-order valence-electron chi connectivity index (χ1n) is 7.83. The molecule has 0 saturated heterocycles. The van der Waals surface area contributed by atoms with Gasteiger partial charge in [-0.2, -0.15) is 0 Å². The Hall–Kier alpha value is -2.10. The summed E-state index contributed by atoms with van der Waals surface area (Å²) in [6, 6.07) is 13.3. The summed E-state index contributed by atoms with van der Waals surface area (Å²) in [7, 11) is -4.75. The number of para-hydroxylation sites is 1. The molecule has 0 saturated carbocycles. The summed E-state index contributed by atoms with van der Waals surface area (Å²) in [5.74, 6) is -0.168. The van der Waals surface area contributed by atoms with Gasteiger partial charge in [-0.25, -0.2) is 21.6 Å². The van der Waals surface area contributed by atoms with E-state index in [-0.39, 0.29) is 22.9 Å². The number of ether oxygens (including phenoxy) is 1. The zero-order valence-electron chi connectivity index (χ0n) is 14.8. The minimum absolute atomic E-state index is 0.0196. The van der Waals surface area contributed by atoms with E-state index in [0.717, 1.165) is 9.87 Å². The number of hydrogen-bond donors (Lipinski definition) is 1. The van der Waals surface area contributed by atoms with E-state index in [2.05, 4.69) is 4.72 Å². The van der Waals surface area contributed by atoms with E-state index in [1.807, 2.05) is 0 Å². The molecule has 0 atom stereocenters. The fourth-order valence-electron chi connectivity index (χ4n) is 2.31. The van der Waals surface area contributed by atoms with Gasteiger partial charge in [-0.05, 0) is 36.8 Å².